The van der Waals surface area contributed by atoms with Crippen molar-refractivity contribution in [3.8, 4) is 17.0 Å². The zero-order valence-corrected chi connectivity index (χ0v) is 20.2. The first-order valence-corrected chi connectivity index (χ1v) is 11.9. The monoisotopic (exact) mass is 503 g/mol. The molecule has 2 aromatic carbocycles. The van der Waals surface area contributed by atoms with E-state index >= 15 is 0 Å². The van der Waals surface area contributed by atoms with Crippen LogP contribution in [0.1, 0.15) is 44.1 Å². The first-order valence-electron chi connectivity index (χ1n) is 11.9. The summed E-state index contributed by atoms with van der Waals surface area (Å²) in [7, 11) is 1.39. The molecule has 1 aliphatic carbocycles. The molecular formula is C26H23F2N7O2. The van der Waals surface area contributed by atoms with E-state index in [0.717, 1.165) is 19.3 Å². The van der Waals surface area contributed by atoms with Crippen LogP contribution in [0, 0.1) is 11.6 Å². The molecule has 1 atom stereocenters. The van der Waals surface area contributed by atoms with Crippen LogP contribution in [0.4, 0.5) is 14.6 Å². The molecule has 0 unspecified atom stereocenters. The number of nitrogens with two attached hydrogens (primary N) is 1. The summed E-state index contributed by atoms with van der Waals surface area (Å²) in [4.78, 5) is 26.8. The molecule has 0 radical (unpaired) electrons. The molecule has 0 bridgehead atoms. The van der Waals surface area contributed by atoms with Crippen LogP contribution in [0.15, 0.2) is 47.5 Å². The van der Waals surface area contributed by atoms with E-state index < -0.39 is 23.2 Å². The SMILES string of the molecule is COc1ccc(-c2nn([C@@H](C)c3nc4cccc(F)c4c(=O)n3C3CCC3)c3ncnc(N)c23)cc1F. The maximum atomic E-state index is 14.7. The number of methoxy groups -OCH3 is 1. The highest BCUT2D eigenvalue weighted by atomic mass is 19.1. The molecule has 0 spiro atoms. The van der Waals surface area contributed by atoms with Crippen molar-refractivity contribution in [3.05, 3.63) is 70.5 Å². The Kier molecular flexibility index (Phi) is 5.36. The average Bonchev–Trinajstić information content (AvgIpc) is 3.25. The van der Waals surface area contributed by atoms with Crippen molar-refractivity contribution in [1.82, 2.24) is 29.3 Å². The summed E-state index contributed by atoms with van der Waals surface area (Å²) in [5.41, 5.74) is 7.32. The second-order valence-electron chi connectivity index (χ2n) is 9.14. The zero-order chi connectivity index (χ0) is 25.8. The van der Waals surface area contributed by atoms with Crippen molar-refractivity contribution in [2.75, 3.05) is 12.8 Å². The van der Waals surface area contributed by atoms with Gasteiger partial charge in [-0.15, -0.1) is 0 Å². The first-order chi connectivity index (χ1) is 17.9. The molecule has 37 heavy (non-hydrogen) atoms. The molecule has 11 heteroatoms. The van der Waals surface area contributed by atoms with Crippen LogP contribution < -0.4 is 16.0 Å². The fraction of sp³-hybridized carbons (Fsp3) is 0.269. The smallest absolute Gasteiger partial charge is 0.264 e. The molecule has 3 aromatic heterocycles. The maximum Gasteiger partial charge on any atom is 0.264 e. The highest BCUT2D eigenvalue weighted by Gasteiger charge is 2.30. The molecular weight excluding hydrogens is 480 g/mol. The number of anilines is 1. The molecule has 9 nitrogen and oxygen atoms in total. The van der Waals surface area contributed by atoms with Gasteiger partial charge in [0.1, 0.15) is 40.9 Å². The molecule has 1 aliphatic rings. The lowest BCUT2D eigenvalue weighted by Crippen LogP contribution is -2.35. The number of hydrogen-bond donors (Lipinski definition) is 1. The fourth-order valence-corrected chi connectivity index (χ4v) is 4.90. The van der Waals surface area contributed by atoms with Crippen LogP contribution in [-0.4, -0.2) is 36.4 Å². The van der Waals surface area contributed by atoms with E-state index in [-0.39, 0.29) is 28.5 Å². The van der Waals surface area contributed by atoms with Crippen molar-refractivity contribution in [2.45, 2.75) is 38.3 Å². The van der Waals surface area contributed by atoms with E-state index in [0.29, 0.717) is 28.1 Å². The minimum Gasteiger partial charge on any atom is -0.494 e. The summed E-state index contributed by atoms with van der Waals surface area (Å²) in [5, 5.41) is 5.18. The Bertz CT molecular complexity index is 1740. The quantitative estimate of drug-likeness (QED) is 0.378. The van der Waals surface area contributed by atoms with Gasteiger partial charge < -0.3 is 10.5 Å². The van der Waals surface area contributed by atoms with E-state index in [1.165, 1.54) is 37.7 Å². The molecule has 5 aromatic rings. The standard InChI is InChI=1S/C26H23F2N7O2/c1-13(24-32-18-8-4-7-16(27)20(18)26(36)34(24)15-5-3-6-15)35-25-21(23(29)30-12-31-25)22(33-35)14-9-10-19(37-2)17(28)11-14/h4,7-13,15H,3,5-6H2,1-2H3,(H2,29,30,31)/t13-/m0/s1. The van der Waals surface area contributed by atoms with Crippen molar-refractivity contribution in [1.29, 1.82) is 0 Å². The lowest BCUT2D eigenvalue weighted by Gasteiger charge is -2.31. The van der Waals surface area contributed by atoms with Crippen LogP contribution in [0.5, 0.6) is 5.75 Å². The van der Waals surface area contributed by atoms with Crippen molar-refractivity contribution in [3.63, 3.8) is 0 Å². The summed E-state index contributed by atoms with van der Waals surface area (Å²) in [5.74, 6) is -0.442. The number of halogens is 2. The lowest BCUT2D eigenvalue weighted by molar-refractivity contribution is 0.288. The number of rotatable bonds is 5. The maximum absolute atomic E-state index is 14.7. The van der Waals surface area contributed by atoms with Gasteiger partial charge in [0.15, 0.2) is 17.2 Å². The largest absolute Gasteiger partial charge is 0.494 e. The Labute approximate surface area is 209 Å². The van der Waals surface area contributed by atoms with E-state index in [1.54, 1.807) is 21.4 Å². The third-order valence-electron chi connectivity index (χ3n) is 7.03. The van der Waals surface area contributed by atoms with E-state index in [2.05, 4.69) is 9.97 Å². The van der Waals surface area contributed by atoms with Gasteiger partial charge in [-0.05, 0) is 56.5 Å². The Balaban J connectivity index is 1.59. The molecule has 0 saturated heterocycles. The third-order valence-corrected chi connectivity index (χ3v) is 7.03. The summed E-state index contributed by atoms with van der Waals surface area (Å²) in [6.07, 6.45) is 3.89. The summed E-state index contributed by atoms with van der Waals surface area (Å²) < 4.78 is 37.5. The van der Waals surface area contributed by atoms with Crippen LogP contribution in [0.3, 0.4) is 0 Å². The number of fused-ring (bicyclic) bond motifs is 2. The second-order valence-corrected chi connectivity index (χ2v) is 9.14. The van der Waals surface area contributed by atoms with Gasteiger partial charge in [-0.3, -0.25) is 9.36 Å². The van der Waals surface area contributed by atoms with Gasteiger partial charge in [-0.25, -0.2) is 28.4 Å². The lowest BCUT2D eigenvalue weighted by atomic mass is 9.92. The number of ether oxygens (including phenoxy) is 1. The van der Waals surface area contributed by atoms with E-state index in [4.69, 9.17) is 20.6 Å². The minimum absolute atomic E-state index is 0.0309. The highest BCUT2D eigenvalue weighted by molar-refractivity contribution is 5.98. The first kappa shape index (κ1) is 23.0. The van der Waals surface area contributed by atoms with Gasteiger partial charge in [0, 0.05) is 11.6 Å². The molecule has 1 fully saturated rings. The summed E-state index contributed by atoms with van der Waals surface area (Å²) in [6.45, 7) is 1.84. The number of aromatic nitrogens is 6. The summed E-state index contributed by atoms with van der Waals surface area (Å²) >= 11 is 0. The number of nitrogen functional groups attached to an aromatic ring is 1. The van der Waals surface area contributed by atoms with Crippen LogP contribution in [-0.2, 0) is 0 Å². The minimum atomic E-state index is -0.601. The number of nitrogens with zero attached hydrogens (tertiary/aromatic N) is 6. The van der Waals surface area contributed by atoms with Gasteiger partial charge in [0.05, 0.1) is 18.0 Å². The second kappa shape index (κ2) is 8.61. The van der Waals surface area contributed by atoms with Gasteiger partial charge >= 0.3 is 0 Å². The molecule has 0 amide bonds. The molecule has 3 heterocycles. The van der Waals surface area contributed by atoms with E-state index in [1.807, 2.05) is 6.92 Å². The third kappa shape index (κ3) is 3.52. The normalized spacial score (nSPS) is 14.7. The number of hydrogen-bond acceptors (Lipinski definition) is 7. The van der Waals surface area contributed by atoms with Gasteiger partial charge in [0.25, 0.3) is 5.56 Å². The van der Waals surface area contributed by atoms with Gasteiger partial charge in [-0.2, -0.15) is 5.10 Å². The van der Waals surface area contributed by atoms with E-state index in [9.17, 15) is 13.6 Å². The number of benzene rings is 2. The topological polar surface area (TPSA) is 114 Å². The van der Waals surface area contributed by atoms with Crippen LogP contribution >= 0.6 is 0 Å². The average molecular weight is 504 g/mol. The zero-order valence-electron chi connectivity index (χ0n) is 20.2. The van der Waals surface area contributed by atoms with Crippen molar-refractivity contribution in [2.24, 2.45) is 0 Å². The van der Waals surface area contributed by atoms with Crippen LogP contribution in [0.25, 0.3) is 33.2 Å². The Morgan fingerprint density at radius 1 is 1.11 bits per heavy atom. The predicted molar refractivity (Wildman–Crippen MR) is 134 cm³/mol. The van der Waals surface area contributed by atoms with Crippen molar-refractivity contribution >= 4 is 27.8 Å². The Morgan fingerprint density at radius 2 is 1.92 bits per heavy atom. The molecule has 2 N–H and O–H groups in total. The Hall–Kier alpha value is -4.41. The molecule has 0 aliphatic heterocycles. The van der Waals surface area contributed by atoms with Gasteiger partial charge in [-0.1, -0.05) is 6.07 Å². The van der Waals surface area contributed by atoms with Crippen LogP contribution in [0.2, 0.25) is 0 Å². The predicted octanol–water partition coefficient (Wildman–Crippen LogP) is 4.41. The van der Waals surface area contributed by atoms with Crippen molar-refractivity contribution < 1.29 is 13.5 Å². The molecule has 188 valence electrons. The Morgan fingerprint density at radius 3 is 2.62 bits per heavy atom. The molecule has 6 rings (SSSR count). The van der Waals surface area contributed by atoms with Gasteiger partial charge in [0.2, 0.25) is 0 Å². The summed E-state index contributed by atoms with van der Waals surface area (Å²) in [6, 6.07) is 8.23. The highest BCUT2D eigenvalue weighted by Crippen LogP contribution is 2.37. The fourth-order valence-electron chi connectivity index (χ4n) is 4.90. The molecule has 1 saturated carbocycles.